The second-order valence-electron chi connectivity index (χ2n) is 16.9. The van der Waals surface area contributed by atoms with Crippen LogP contribution in [0.3, 0.4) is 0 Å². The maximum Gasteiger partial charge on any atom is 3.00 e. The molecule has 2 amide bonds. The van der Waals surface area contributed by atoms with Gasteiger partial charge in [0.2, 0.25) is 11.8 Å². The molecule has 0 saturated carbocycles. The molecule has 1 aliphatic rings. The Kier molecular flexibility index (Phi) is 23.5. The quantitative estimate of drug-likeness (QED) is 0.0349. The number of carboxylic acids is 3. The number of rotatable bonds is 21. The number of phosphoric ester groups is 1. The van der Waals surface area contributed by atoms with E-state index in [1.807, 2.05) is 38.7 Å². The zero-order chi connectivity index (χ0) is 50.3. The SMILES string of the molecule is Cc1cc(C)c(-c2cc(C)c(OP(=O)(O)OCCC[C@H](C(=O)O)N3CCN(CC(=O)NCC(=O)O)CCN(Cc4cc([N+](=O)[O-])ccc4O)CCN(CC(=O)NCC(=O)O)CC3)cc2C)c(C)c1.[Gd+3]. The van der Waals surface area contributed by atoms with Crippen LogP contribution >= 0.6 is 7.82 Å². The number of benzene rings is 3. The second-order valence-corrected chi connectivity index (χ2v) is 18.2. The fraction of sp³-hybridized carbons (Fsp3) is 0.489. The van der Waals surface area contributed by atoms with Crippen LogP contribution in [0.25, 0.3) is 11.1 Å². The number of aromatic hydroxyl groups is 1. The van der Waals surface area contributed by atoms with Gasteiger partial charge in [-0.05, 0) is 99.0 Å². The molecule has 1 saturated heterocycles. The predicted molar refractivity (Wildman–Crippen MR) is 248 cm³/mol. The maximum atomic E-state index is 13.2. The standard InChI is InChI=1S/C45H62N7O15P.Gd/c1-29-19-32(4)44(33(5)20-29)36-21-31(3)39(22-30(36)2)67-68(64,65)66-18-6-7-37(45(60)61)51-16-14-49(27-40(54)46-24-42(56)57)12-10-48(26-34-23-35(52(62)63)8-9-38(34)53)11-13-50(15-17-51)28-41(55)47-25-43(58)59;/h8-9,19-23,37,53H,6-7,10-18,24-28H2,1-5H3,(H,46,54)(H,47,55)(H,56,57)(H,58,59)(H,60,61)(H,64,65);/q;+3/t37-;/m1./s1. The summed E-state index contributed by atoms with van der Waals surface area (Å²) >= 11 is 0. The number of nitrogens with one attached hydrogen (secondary N) is 2. The van der Waals surface area contributed by atoms with E-state index in [1.165, 1.54) is 12.1 Å². The number of carbonyl (C=O) groups is 5. The van der Waals surface area contributed by atoms with Crippen molar-refractivity contribution < 1.29 is 108 Å². The van der Waals surface area contributed by atoms with Crippen LogP contribution in [0.5, 0.6) is 11.5 Å². The van der Waals surface area contributed by atoms with E-state index in [2.05, 4.69) is 22.8 Å². The van der Waals surface area contributed by atoms with Gasteiger partial charge in [0.1, 0.15) is 30.6 Å². The van der Waals surface area contributed by atoms with Crippen molar-refractivity contribution in [2.24, 2.45) is 0 Å². The third-order valence-corrected chi connectivity index (χ3v) is 12.4. The summed E-state index contributed by atoms with van der Waals surface area (Å²) in [7, 11) is -4.70. The summed E-state index contributed by atoms with van der Waals surface area (Å²) in [5.74, 6) is -5.04. The van der Waals surface area contributed by atoms with Gasteiger partial charge in [-0.25, -0.2) is 4.57 Å². The minimum Gasteiger partial charge on any atom is -0.508 e. The summed E-state index contributed by atoms with van der Waals surface area (Å²) in [4.78, 5) is 89.7. The molecule has 0 bridgehead atoms. The third kappa shape index (κ3) is 19.2. The fourth-order valence-electron chi connectivity index (χ4n) is 8.09. The number of phenols is 1. The molecule has 3 aromatic carbocycles. The topological polar surface area (TPSA) is 302 Å². The minimum atomic E-state index is -4.70. The van der Waals surface area contributed by atoms with Gasteiger partial charge in [0.15, 0.2) is 0 Å². The van der Waals surface area contributed by atoms with Crippen LogP contribution in [0.15, 0.2) is 42.5 Å². The van der Waals surface area contributed by atoms with Gasteiger partial charge in [0, 0.05) is 76.6 Å². The molecule has 377 valence electrons. The van der Waals surface area contributed by atoms with E-state index >= 15 is 0 Å². The fourth-order valence-corrected chi connectivity index (χ4v) is 8.95. The zero-order valence-electron chi connectivity index (χ0n) is 39.3. The Morgan fingerprint density at radius 2 is 1.28 bits per heavy atom. The largest absolute Gasteiger partial charge is 3.00 e. The molecule has 1 heterocycles. The number of hydrogen-bond acceptors (Lipinski definition) is 15. The molecule has 0 aromatic heterocycles. The number of carbonyl (C=O) groups excluding carboxylic acids is 2. The number of phenolic OH excluding ortho intramolecular Hbond substituents is 1. The molecule has 3 aromatic rings. The second kappa shape index (κ2) is 27.6. The van der Waals surface area contributed by atoms with Crippen molar-refractivity contribution in [2.75, 3.05) is 85.1 Å². The molecule has 2 atom stereocenters. The average Bonchev–Trinajstić information content (AvgIpc) is 3.24. The molecule has 1 unspecified atom stereocenters. The monoisotopic (exact) mass is 1130 g/mol. The minimum absolute atomic E-state index is 0. The third-order valence-electron chi connectivity index (χ3n) is 11.4. The maximum absolute atomic E-state index is 13.2. The molecule has 1 fully saturated rings. The summed E-state index contributed by atoms with van der Waals surface area (Å²) in [5, 5.41) is 55.6. The first-order valence-corrected chi connectivity index (χ1v) is 23.4. The van der Waals surface area contributed by atoms with Crippen molar-refractivity contribution in [3.8, 4) is 22.6 Å². The molecular formula is C45H62GdN7O15P+3. The van der Waals surface area contributed by atoms with Gasteiger partial charge in [0.25, 0.3) is 5.69 Å². The van der Waals surface area contributed by atoms with Crippen LogP contribution in [-0.4, -0.2) is 171 Å². The molecule has 0 spiro atoms. The summed E-state index contributed by atoms with van der Waals surface area (Å²) in [6, 6.07) is 10.1. The molecule has 4 rings (SSSR count). The van der Waals surface area contributed by atoms with Crippen molar-refractivity contribution in [2.45, 2.75) is 60.0 Å². The van der Waals surface area contributed by atoms with E-state index < -0.39 is 61.6 Å². The molecule has 24 heteroatoms. The van der Waals surface area contributed by atoms with E-state index in [-0.39, 0.29) is 154 Å². The molecule has 1 aliphatic heterocycles. The summed E-state index contributed by atoms with van der Waals surface area (Å²) in [5.41, 5.74) is 6.71. The van der Waals surface area contributed by atoms with Gasteiger partial charge in [0.05, 0.1) is 24.6 Å². The van der Waals surface area contributed by atoms with Crippen LogP contribution in [0.2, 0.25) is 0 Å². The normalized spacial score (nSPS) is 15.9. The van der Waals surface area contributed by atoms with Crippen LogP contribution in [0, 0.1) is 84.7 Å². The Hall–Kier alpha value is -4.68. The van der Waals surface area contributed by atoms with Crippen LogP contribution in [0.4, 0.5) is 5.69 Å². The number of nitrogens with zero attached hydrogens (tertiary/aromatic N) is 5. The number of aliphatic carboxylic acids is 3. The first-order valence-electron chi connectivity index (χ1n) is 22.0. The van der Waals surface area contributed by atoms with Gasteiger partial charge in [-0.15, -0.1) is 0 Å². The molecule has 69 heavy (non-hydrogen) atoms. The molecular weight excluding hydrogens is 1070 g/mol. The van der Waals surface area contributed by atoms with Crippen molar-refractivity contribution in [3.63, 3.8) is 0 Å². The average molecular weight is 1130 g/mol. The van der Waals surface area contributed by atoms with Crippen molar-refractivity contribution in [3.05, 3.63) is 86.0 Å². The predicted octanol–water partition coefficient (Wildman–Crippen LogP) is 3.06. The Morgan fingerprint density at radius 1 is 0.754 bits per heavy atom. The van der Waals surface area contributed by atoms with Crippen molar-refractivity contribution in [1.82, 2.24) is 30.2 Å². The number of nitro benzene ring substituents is 1. The number of amides is 2. The van der Waals surface area contributed by atoms with Crippen LogP contribution in [-0.2, 0) is 39.6 Å². The molecule has 22 nitrogen and oxygen atoms in total. The van der Waals surface area contributed by atoms with Gasteiger partial charge < -0.3 is 35.6 Å². The Labute approximate surface area is 432 Å². The zero-order valence-corrected chi connectivity index (χ0v) is 42.5. The Bertz CT molecular complexity index is 2300. The molecule has 7 N–H and O–H groups in total. The van der Waals surface area contributed by atoms with Crippen LogP contribution in [0.1, 0.15) is 46.2 Å². The first-order chi connectivity index (χ1) is 32.0. The van der Waals surface area contributed by atoms with E-state index in [1.54, 1.807) is 27.7 Å². The van der Waals surface area contributed by atoms with E-state index in [0.29, 0.717) is 5.56 Å². The number of non-ortho nitro benzene ring substituents is 1. The van der Waals surface area contributed by atoms with Gasteiger partial charge in [-0.3, -0.25) is 63.1 Å². The summed E-state index contributed by atoms with van der Waals surface area (Å²) in [6.07, 6.45) is -0.0809. The van der Waals surface area contributed by atoms with E-state index in [9.17, 15) is 53.8 Å². The Balaban J connectivity index is 0.0000126. The number of carboxylic acid groups (broad SMARTS) is 3. The van der Waals surface area contributed by atoms with Crippen molar-refractivity contribution >= 4 is 43.2 Å². The number of aryl methyl sites for hydroxylation is 5. The van der Waals surface area contributed by atoms with Crippen molar-refractivity contribution in [1.29, 1.82) is 0 Å². The van der Waals surface area contributed by atoms with Crippen LogP contribution < -0.4 is 15.2 Å². The van der Waals surface area contributed by atoms with Gasteiger partial charge in [-0.1, -0.05) is 17.7 Å². The van der Waals surface area contributed by atoms with E-state index in [4.69, 9.17) is 19.3 Å². The smallest absolute Gasteiger partial charge is 0.508 e. The number of phosphoric acid groups is 1. The summed E-state index contributed by atoms with van der Waals surface area (Å²) < 4.78 is 24.1. The number of hydrogen-bond donors (Lipinski definition) is 7. The summed E-state index contributed by atoms with van der Waals surface area (Å²) in [6.45, 7) is 8.40. The molecule has 1 radical (unpaired) electrons. The van der Waals surface area contributed by atoms with Gasteiger partial charge >= 0.3 is 65.7 Å². The van der Waals surface area contributed by atoms with E-state index in [0.717, 1.165) is 39.4 Å². The molecule has 0 aliphatic carbocycles. The Morgan fingerprint density at radius 3 is 1.78 bits per heavy atom. The van der Waals surface area contributed by atoms with Gasteiger partial charge in [-0.2, -0.15) is 0 Å². The first kappa shape index (κ1) is 58.6. The number of nitro groups is 1.